The van der Waals surface area contributed by atoms with Crippen LogP contribution in [-0.4, -0.2) is 11.8 Å². The van der Waals surface area contributed by atoms with E-state index in [-0.39, 0.29) is 0 Å². The fourth-order valence-electron chi connectivity index (χ4n) is 2.86. The van der Waals surface area contributed by atoms with Gasteiger partial charge >= 0.3 is 0 Å². The maximum absolute atomic E-state index is 4.78. The van der Waals surface area contributed by atoms with E-state index in [4.69, 9.17) is 4.99 Å². The van der Waals surface area contributed by atoms with E-state index in [1.165, 1.54) is 38.5 Å². The van der Waals surface area contributed by atoms with E-state index in [0.29, 0.717) is 6.04 Å². The summed E-state index contributed by atoms with van der Waals surface area (Å²) in [5, 5.41) is 0. The van der Waals surface area contributed by atoms with Gasteiger partial charge in [0.1, 0.15) is 0 Å². The fourth-order valence-corrected chi connectivity index (χ4v) is 2.86. The Hall–Kier alpha value is -0.330. The second-order valence-electron chi connectivity index (χ2n) is 4.88. The predicted molar refractivity (Wildman–Crippen MR) is 57.3 cm³/mol. The zero-order valence-corrected chi connectivity index (χ0v) is 8.92. The van der Waals surface area contributed by atoms with Crippen LogP contribution in [0.5, 0.6) is 0 Å². The third-order valence-electron chi connectivity index (χ3n) is 3.74. The first-order valence-electron chi connectivity index (χ1n) is 5.84. The summed E-state index contributed by atoms with van der Waals surface area (Å²) in [6.45, 7) is 4.66. The highest BCUT2D eigenvalue weighted by molar-refractivity contribution is 5.88. The van der Waals surface area contributed by atoms with Gasteiger partial charge in [-0.3, -0.25) is 4.99 Å². The van der Waals surface area contributed by atoms with E-state index < -0.39 is 0 Å². The van der Waals surface area contributed by atoms with Gasteiger partial charge in [0.25, 0.3) is 0 Å². The van der Waals surface area contributed by atoms with Crippen molar-refractivity contribution in [1.82, 2.24) is 0 Å². The van der Waals surface area contributed by atoms with Gasteiger partial charge in [-0.1, -0.05) is 26.2 Å². The zero-order chi connectivity index (χ0) is 9.26. The Balaban J connectivity index is 2.02. The Bertz CT molecular complexity index is 207. The van der Waals surface area contributed by atoms with Crippen molar-refractivity contribution in [1.29, 1.82) is 0 Å². The van der Waals surface area contributed by atoms with Gasteiger partial charge in [-0.15, -0.1) is 0 Å². The molecule has 0 radical (unpaired) electrons. The molecule has 1 heterocycles. The Morgan fingerprint density at radius 1 is 1.08 bits per heavy atom. The first-order chi connectivity index (χ1) is 6.27. The molecule has 0 aromatic rings. The minimum Gasteiger partial charge on any atom is -0.291 e. The molecule has 1 aliphatic heterocycles. The van der Waals surface area contributed by atoms with Crippen molar-refractivity contribution in [3.8, 4) is 0 Å². The minimum atomic E-state index is 0.615. The Labute approximate surface area is 81.6 Å². The monoisotopic (exact) mass is 179 g/mol. The molecule has 0 amide bonds. The van der Waals surface area contributed by atoms with Gasteiger partial charge in [0.05, 0.1) is 0 Å². The van der Waals surface area contributed by atoms with Crippen LogP contribution in [-0.2, 0) is 0 Å². The van der Waals surface area contributed by atoms with Crippen LogP contribution in [0.4, 0.5) is 0 Å². The average Bonchev–Trinajstić information content (AvgIpc) is 2.53. The van der Waals surface area contributed by atoms with Crippen molar-refractivity contribution in [3.05, 3.63) is 0 Å². The predicted octanol–water partition coefficient (Wildman–Crippen LogP) is 3.44. The molecule has 0 spiro atoms. The Morgan fingerprint density at radius 2 is 1.85 bits per heavy atom. The maximum Gasteiger partial charge on any atom is 0.0474 e. The summed E-state index contributed by atoms with van der Waals surface area (Å²) in [5.41, 5.74) is 1.56. The van der Waals surface area contributed by atoms with Gasteiger partial charge < -0.3 is 0 Å². The standard InChI is InChI=1S/C12H21N/c1-9-5-3-4-6-11(9)12-8-7-10(2)13-12/h9-11H,3-8H2,1-2H3. The van der Waals surface area contributed by atoms with Gasteiger partial charge in [0.15, 0.2) is 0 Å². The van der Waals surface area contributed by atoms with Crippen molar-refractivity contribution in [3.63, 3.8) is 0 Å². The van der Waals surface area contributed by atoms with E-state index >= 15 is 0 Å². The third-order valence-corrected chi connectivity index (χ3v) is 3.74. The number of hydrogen-bond donors (Lipinski definition) is 0. The molecule has 0 N–H and O–H groups in total. The number of rotatable bonds is 1. The van der Waals surface area contributed by atoms with Gasteiger partial charge in [0.2, 0.25) is 0 Å². The maximum atomic E-state index is 4.78. The molecule has 1 saturated carbocycles. The van der Waals surface area contributed by atoms with Crippen LogP contribution in [0, 0.1) is 11.8 Å². The lowest BCUT2D eigenvalue weighted by Crippen LogP contribution is -2.24. The molecule has 3 atom stereocenters. The first kappa shape index (κ1) is 9.23. The average molecular weight is 179 g/mol. The molecule has 2 rings (SSSR count). The minimum absolute atomic E-state index is 0.615. The van der Waals surface area contributed by atoms with E-state index in [2.05, 4.69) is 13.8 Å². The van der Waals surface area contributed by atoms with Crippen molar-refractivity contribution in [2.45, 2.75) is 58.4 Å². The van der Waals surface area contributed by atoms with Crippen LogP contribution in [0.1, 0.15) is 52.4 Å². The van der Waals surface area contributed by atoms with Crippen molar-refractivity contribution < 1.29 is 0 Å². The van der Waals surface area contributed by atoms with E-state index in [1.807, 2.05) is 0 Å². The van der Waals surface area contributed by atoms with Gasteiger partial charge in [-0.2, -0.15) is 0 Å². The normalized spacial score (nSPS) is 40.5. The smallest absolute Gasteiger partial charge is 0.0474 e. The van der Waals surface area contributed by atoms with E-state index in [0.717, 1.165) is 11.8 Å². The second-order valence-corrected chi connectivity index (χ2v) is 4.88. The van der Waals surface area contributed by atoms with Crippen molar-refractivity contribution in [2.75, 3.05) is 0 Å². The van der Waals surface area contributed by atoms with E-state index in [1.54, 1.807) is 5.71 Å². The lowest BCUT2D eigenvalue weighted by atomic mass is 9.77. The number of hydrogen-bond acceptors (Lipinski definition) is 1. The number of nitrogens with zero attached hydrogens (tertiary/aromatic N) is 1. The van der Waals surface area contributed by atoms with Crippen molar-refractivity contribution in [2.24, 2.45) is 16.8 Å². The third kappa shape index (κ3) is 1.95. The highest BCUT2D eigenvalue weighted by Crippen LogP contribution is 2.34. The fraction of sp³-hybridized carbons (Fsp3) is 0.917. The molecule has 1 heteroatoms. The van der Waals surface area contributed by atoms with Crippen molar-refractivity contribution >= 4 is 5.71 Å². The molecule has 0 saturated heterocycles. The summed E-state index contributed by atoms with van der Waals surface area (Å²) < 4.78 is 0. The summed E-state index contributed by atoms with van der Waals surface area (Å²) in [5.74, 6) is 1.75. The SMILES string of the molecule is CC1CCC(C2CCCCC2C)=N1. The van der Waals surface area contributed by atoms with Crippen LogP contribution in [0.15, 0.2) is 4.99 Å². The quantitative estimate of drug-likeness (QED) is 0.584. The summed E-state index contributed by atoms with van der Waals surface area (Å²) in [7, 11) is 0. The number of aliphatic imine (C=N–C) groups is 1. The molecule has 1 fully saturated rings. The molecule has 1 aliphatic carbocycles. The van der Waals surface area contributed by atoms with Crippen LogP contribution < -0.4 is 0 Å². The van der Waals surface area contributed by atoms with Gasteiger partial charge in [-0.05, 0) is 38.0 Å². The Morgan fingerprint density at radius 3 is 2.46 bits per heavy atom. The molecule has 74 valence electrons. The topological polar surface area (TPSA) is 12.4 Å². The van der Waals surface area contributed by atoms with Crippen LogP contribution >= 0.6 is 0 Å². The molecule has 0 aromatic heterocycles. The van der Waals surface area contributed by atoms with Crippen LogP contribution in [0.25, 0.3) is 0 Å². The molecular weight excluding hydrogens is 158 g/mol. The lowest BCUT2D eigenvalue weighted by molar-refractivity contribution is 0.322. The molecule has 0 bridgehead atoms. The zero-order valence-electron chi connectivity index (χ0n) is 8.92. The molecule has 1 nitrogen and oxygen atoms in total. The summed E-state index contributed by atoms with van der Waals surface area (Å²) in [6, 6.07) is 0.615. The Kier molecular flexibility index (Phi) is 2.71. The molecule has 3 unspecified atom stereocenters. The second kappa shape index (κ2) is 3.81. The first-order valence-corrected chi connectivity index (χ1v) is 5.84. The van der Waals surface area contributed by atoms with Crippen LogP contribution in [0.3, 0.4) is 0 Å². The molecule has 13 heavy (non-hydrogen) atoms. The lowest BCUT2D eigenvalue weighted by Gasteiger charge is -2.28. The highest BCUT2D eigenvalue weighted by atomic mass is 14.8. The van der Waals surface area contributed by atoms with Gasteiger partial charge in [-0.25, -0.2) is 0 Å². The molecular formula is C12H21N. The summed E-state index contributed by atoms with van der Waals surface area (Å²) >= 11 is 0. The molecule has 2 aliphatic rings. The van der Waals surface area contributed by atoms with Gasteiger partial charge in [0, 0.05) is 11.8 Å². The summed E-state index contributed by atoms with van der Waals surface area (Å²) in [6.07, 6.45) is 8.31. The van der Waals surface area contributed by atoms with E-state index in [9.17, 15) is 0 Å². The molecule has 0 aromatic carbocycles. The largest absolute Gasteiger partial charge is 0.291 e. The van der Waals surface area contributed by atoms with Crippen LogP contribution in [0.2, 0.25) is 0 Å². The highest BCUT2D eigenvalue weighted by Gasteiger charge is 2.28. The summed E-state index contributed by atoms with van der Waals surface area (Å²) in [4.78, 5) is 4.78.